The van der Waals surface area contributed by atoms with Crippen LogP contribution in [0.1, 0.15) is 36.6 Å². The molecule has 2 aliphatic rings. The maximum atomic E-state index is 12.7. The number of rotatable bonds is 4. The Bertz CT molecular complexity index is 1070. The lowest BCUT2D eigenvalue weighted by atomic mass is 9.88. The first-order valence-electron chi connectivity index (χ1n) is 9.11. The van der Waals surface area contributed by atoms with E-state index < -0.39 is 0 Å². The Balaban J connectivity index is 1.51. The molecule has 8 heteroatoms. The fraction of sp³-hybridized carbons (Fsp3) is 0.250. The van der Waals surface area contributed by atoms with E-state index in [2.05, 4.69) is 38.4 Å². The van der Waals surface area contributed by atoms with Crippen molar-refractivity contribution >= 4 is 39.4 Å². The molecular weight excluding hydrogens is 440 g/mol. The van der Waals surface area contributed by atoms with Crippen LogP contribution in [-0.2, 0) is 10.5 Å². The van der Waals surface area contributed by atoms with Gasteiger partial charge in [-0.05, 0) is 46.5 Å². The molecule has 0 bridgehead atoms. The molecular formula is C20H17BrN4O2S. The van der Waals surface area contributed by atoms with Crippen LogP contribution in [0.4, 0.5) is 5.95 Å². The van der Waals surface area contributed by atoms with E-state index in [1.54, 1.807) is 16.4 Å². The highest BCUT2D eigenvalue weighted by molar-refractivity contribution is 9.10. The third kappa shape index (κ3) is 3.20. The summed E-state index contributed by atoms with van der Waals surface area (Å²) in [6.07, 6.45) is 2.24. The van der Waals surface area contributed by atoms with Crippen molar-refractivity contribution in [2.24, 2.45) is 0 Å². The number of hydrogen-bond donors (Lipinski definition) is 1. The van der Waals surface area contributed by atoms with Gasteiger partial charge in [0.1, 0.15) is 11.8 Å². The number of carbonyl (C=O) groups excluding carboxylic acids is 1. The topological polar surface area (TPSA) is 73.0 Å². The number of nitrogens with zero attached hydrogens (tertiary/aromatic N) is 3. The third-order valence-corrected chi connectivity index (χ3v) is 6.26. The summed E-state index contributed by atoms with van der Waals surface area (Å²) in [6, 6.07) is 13.6. The standard InChI is InChI=1S/C20H17BrN4O2S/c21-16-10-9-15(27-16)18-17-13(7-4-8-14(17)26)22-19-23-20(24-25(18)19)28-11-12-5-2-1-3-6-12/h1-3,5-6,9-10,18H,4,7-8,11H2,(H,22,23,24). The zero-order valence-corrected chi connectivity index (χ0v) is 17.3. The second kappa shape index (κ2) is 7.25. The van der Waals surface area contributed by atoms with Gasteiger partial charge in [-0.15, -0.1) is 5.10 Å². The van der Waals surface area contributed by atoms with Crippen LogP contribution in [0.15, 0.2) is 68.0 Å². The molecule has 3 heterocycles. The predicted molar refractivity (Wildman–Crippen MR) is 110 cm³/mol. The summed E-state index contributed by atoms with van der Waals surface area (Å²) in [6.45, 7) is 0. The Morgan fingerprint density at radius 3 is 2.86 bits per heavy atom. The Morgan fingerprint density at radius 1 is 1.21 bits per heavy atom. The largest absolute Gasteiger partial charge is 0.452 e. The van der Waals surface area contributed by atoms with E-state index in [1.807, 2.05) is 30.3 Å². The van der Waals surface area contributed by atoms with Crippen LogP contribution in [-0.4, -0.2) is 20.5 Å². The molecule has 0 radical (unpaired) electrons. The lowest BCUT2D eigenvalue weighted by molar-refractivity contribution is -0.116. The number of hydrogen-bond acceptors (Lipinski definition) is 6. The van der Waals surface area contributed by atoms with Crippen LogP contribution in [0.5, 0.6) is 0 Å². The normalized spacial score (nSPS) is 18.6. The van der Waals surface area contributed by atoms with Crippen molar-refractivity contribution in [3.8, 4) is 0 Å². The van der Waals surface area contributed by atoms with Crippen LogP contribution in [0.2, 0.25) is 0 Å². The molecule has 2 aromatic heterocycles. The van der Waals surface area contributed by atoms with Gasteiger partial charge in [0.2, 0.25) is 11.1 Å². The number of nitrogens with one attached hydrogen (secondary N) is 1. The maximum Gasteiger partial charge on any atom is 0.227 e. The lowest BCUT2D eigenvalue weighted by Crippen LogP contribution is -2.31. The van der Waals surface area contributed by atoms with E-state index in [1.165, 1.54) is 5.56 Å². The quantitative estimate of drug-likeness (QED) is 0.559. The van der Waals surface area contributed by atoms with Crippen LogP contribution in [0.3, 0.4) is 0 Å². The predicted octanol–water partition coefficient (Wildman–Crippen LogP) is 4.95. The zero-order chi connectivity index (χ0) is 19.1. The molecule has 1 unspecified atom stereocenters. The molecule has 1 aromatic carbocycles. The van der Waals surface area contributed by atoms with Crippen molar-refractivity contribution in [3.05, 3.63) is 69.7 Å². The Labute approximate surface area is 174 Å². The fourth-order valence-electron chi connectivity index (χ4n) is 3.66. The summed E-state index contributed by atoms with van der Waals surface area (Å²) in [4.78, 5) is 17.4. The van der Waals surface area contributed by atoms with Crippen molar-refractivity contribution in [3.63, 3.8) is 0 Å². The molecule has 0 fully saturated rings. The van der Waals surface area contributed by atoms with Gasteiger partial charge in [-0.25, -0.2) is 4.68 Å². The van der Waals surface area contributed by atoms with Gasteiger partial charge in [-0.2, -0.15) is 4.98 Å². The van der Waals surface area contributed by atoms with Crippen LogP contribution < -0.4 is 5.32 Å². The minimum absolute atomic E-state index is 0.144. The summed E-state index contributed by atoms with van der Waals surface area (Å²) in [7, 11) is 0. The van der Waals surface area contributed by atoms with Crippen molar-refractivity contribution in [2.75, 3.05) is 5.32 Å². The van der Waals surface area contributed by atoms with Gasteiger partial charge in [0.15, 0.2) is 10.5 Å². The third-order valence-electron chi connectivity index (χ3n) is 4.92. The number of anilines is 1. The number of thioether (sulfide) groups is 1. The molecule has 0 saturated carbocycles. The monoisotopic (exact) mass is 456 g/mol. The minimum Gasteiger partial charge on any atom is -0.452 e. The van der Waals surface area contributed by atoms with E-state index in [4.69, 9.17) is 9.52 Å². The second-order valence-corrected chi connectivity index (χ2v) is 8.50. The highest BCUT2D eigenvalue weighted by atomic mass is 79.9. The summed E-state index contributed by atoms with van der Waals surface area (Å²) in [5.41, 5.74) is 2.89. The minimum atomic E-state index is -0.385. The lowest BCUT2D eigenvalue weighted by Gasteiger charge is -2.30. The van der Waals surface area contributed by atoms with E-state index >= 15 is 0 Å². The van der Waals surface area contributed by atoms with Crippen molar-refractivity contribution in [1.29, 1.82) is 0 Å². The molecule has 5 rings (SSSR count). The van der Waals surface area contributed by atoms with E-state index in [0.717, 1.165) is 29.9 Å². The smallest absolute Gasteiger partial charge is 0.227 e. The SMILES string of the molecule is O=C1CCCC2=C1C(c1ccc(Br)o1)n1nc(SCc3ccccc3)nc1N2. The fourth-order valence-corrected chi connectivity index (χ4v) is 4.76. The summed E-state index contributed by atoms with van der Waals surface area (Å²) >= 11 is 4.94. The average molecular weight is 457 g/mol. The van der Waals surface area contributed by atoms with Gasteiger partial charge < -0.3 is 9.73 Å². The molecule has 0 saturated heterocycles. The van der Waals surface area contributed by atoms with E-state index in [-0.39, 0.29) is 11.8 Å². The van der Waals surface area contributed by atoms with Crippen molar-refractivity contribution in [1.82, 2.24) is 14.8 Å². The first-order chi connectivity index (χ1) is 13.7. The van der Waals surface area contributed by atoms with Gasteiger partial charge in [-0.3, -0.25) is 4.79 Å². The number of carbonyl (C=O) groups is 1. The molecule has 1 aliphatic carbocycles. The van der Waals surface area contributed by atoms with Gasteiger partial charge >= 0.3 is 0 Å². The van der Waals surface area contributed by atoms with Gasteiger partial charge in [0, 0.05) is 23.4 Å². The molecule has 1 aliphatic heterocycles. The van der Waals surface area contributed by atoms with Gasteiger partial charge in [0.05, 0.1) is 0 Å². The molecule has 28 heavy (non-hydrogen) atoms. The Kier molecular flexibility index (Phi) is 4.60. The number of allylic oxidation sites excluding steroid dienone is 2. The van der Waals surface area contributed by atoms with E-state index in [0.29, 0.717) is 28.0 Å². The summed E-state index contributed by atoms with van der Waals surface area (Å²) in [5, 5.41) is 8.71. The molecule has 3 aromatic rings. The number of aromatic nitrogens is 3. The second-order valence-electron chi connectivity index (χ2n) is 6.78. The maximum absolute atomic E-state index is 12.7. The number of Topliss-reactive ketones (excluding diaryl/α,β-unsaturated/α-hetero) is 1. The summed E-state index contributed by atoms with van der Waals surface area (Å²) in [5.74, 6) is 2.27. The highest BCUT2D eigenvalue weighted by Crippen LogP contribution is 2.41. The van der Waals surface area contributed by atoms with Gasteiger partial charge in [0.25, 0.3) is 0 Å². The molecule has 6 nitrogen and oxygen atoms in total. The van der Waals surface area contributed by atoms with Crippen molar-refractivity contribution in [2.45, 2.75) is 36.2 Å². The first-order valence-corrected chi connectivity index (χ1v) is 10.9. The van der Waals surface area contributed by atoms with Crippen LogP contribution in [0.25, 0.3) is 0 Å². The number of fused-ring (bicyclic) bond motifs is 1. The molecule has 0 amide bonds. The number of furan rings is 1. The van der Waals surface area contributed by atoms with E-state index in [9.17, 15) is 4.79 Å². The van der Waals surface area contributed by atoms with Crippen molar-refractivity contribution < 1.29 is 9.21 Å². The van der Waals surface area contributed by atoms with Crippen LogP contribution >= 0.6 is 27.7 Å². The average Bonchev–Trinajstić information content (AvgIpc) is 3.31. The summed E-state index contributed by atoms with van der Waals surface area (Å²) < 4.78 is 8.23. The molecule has 0 spiro atoms. The van der Waals surface area contributed by atoms with Gasteiger partial charge in [-0.1, -0.05) is 42.1 Å². The molecule has 142 valence electrons. The number of halogens is 1. The molecule has 1 N–H and O–H groups in total. The first kappa shape index (κ1) is 17.8. The Morgan fingerprint density at radius 2 is 2.07 bits per heavy atom. The zero-order valence-electron chi connectivity index (χ0n) is 14.9. The number of ketones is 1. The van der Waals surface area contributed by atoms with Crippen LogP contribution in [0, 0.1) is 0 Å². The Hall–Kier alpha value is -2.32. The molecule has 1 atom stereocenters. The highest BCUT2D eigenvalue weighted by Gasteiger charge is 2.38. The number of benzene rings is 1.